The van der Waals surface area contributed by atoms with Crippen LogP contribution in [0.25, 0.3) is 12.2 Å². The Morgan fingerprint density at radius 2 is 0.889 bits per heavy atom. The van der Waals surface area contributed by atoms with Gasteiger partial charge in [0.05, 0.1) is 0 Å². The summed E-state index contributed by atoms with van der Waals surface area (Å²) >= 11 is 1.12. The van der Waals surface area contributed by atoms with Crippen LogP contribution < -0.4 is 0 Å². The summed E-state index contributed by atoms with van der Waals surface area (Å²) in [5, 5.41) is 0. The summed E-state index contributed by atoms with van der Waals surface area (Å²) < 4.78 is 6.31. The third-order valence-corrected chi connectivity index (χ3v) is 9.18. The molecule has 0 aromatic carbocycles. The van der Waals surface area contributed by atoms with E-state index in [0.717, 1.165) is 0 Å². The molecule has 0 amide bonds. The molecule has 0 aliphatic heterocycles. The fraction of sp³-hybridized carbons (Fsp3) is 0.375. The molecule has 2 aromatic rings. The summed E-state index contributed by atoms with van der Waals surface area (Å²) in [5.41, 5.74) is 6.05. The monoisotopic (exact) mass is 372 g/mol. The molecule has 2 aromatic heterocycles. The summed E-state index contributed by atoms with van der Waals surface area (Å²) in [6, 6.07) is 0. The summed E-state index contributed by atoms with van der Waals surface area (Å²) in [5.74, 6) is 0. The van der Waals surface area contributed by atoms with Crippen LogP contribution in [0.2, 0.25) is 0 Å². The zero-order valence-electron chi connectivity index (χ0n) is 12.0. The van der Waals surface area contributed by atoms with Gasteiger partial charge in [0.2, 0.25) is 0 Å². The molecule has 0 spiro atoms. The molecular weight excluding hydrogens is 350 g/mol. The van der Waals surface area contributed by atoms with Crippen molar-refractivity contribution in [1.29, 1.82) is 0 Å². The predicted molar refractivity (Wildman–Crippen MR) is 84.1 cm³/mol. The molecule has 2 rings (SSSR count). The predicted octanol–water partition coefficient (Wildman–Crippen LogP) is 3.82. The second kappa shape index (κ2) is 5.39. The van der Waals surface area contributed by atoms with Gasteiger partial charge in [0.1, 0.15) is 0 Å². The van der Waals surface area contributed by atoms with E-state index in [9.17, 15) is 0 Å². The third-order valence-electron chi connectivity index (χ3n) is 3.83. The summed E-state index contributed by atoms with van der Waals surface area (Å²) in [6.07, 6.45) is 4.75. The Morgan fingerprint density at radius 3 is 1.11 bits per heavy atom. The number of rotatable bonds is 2. The van der Waals surface area contributed by atoms with E-state index in [1.807, 2.05) is 0 Å². The molecule has 0 N–H and O–H groups in total. The first-order chi connectivity index (χ1) is 8.41. The van der Waals surface area contributed by atoms with Gasteiger partial charge in [-0.15, -0.1) is 0 Å². The van der Waals surface area contributed by atoms with Crippen LogP contribution in [0.4, 0.5) is 0 Å². The van der Waals surface area contributed by atoms with Gasteiger partial charge in [-0.05, 0) is 0 Å². The van der Waals surface area contributed by atoms with Gasteiger partial charge in [0, 0.05) is 0 Å². The third kappa shape index (κ3) is 2.53. The minimum absolute atomic E-state index is 0.558. The fourth-order valence-corrected chi connectivity index (χ4v) is 6.53. The quantitative estimate of drug-likeness (QED) is 0.705. The van der Waals surface area contributed by atoms with Crippen molar-refractivity contribution in [2.75, 3.05) is 0 Å². The first kappa shape index (κ1) is 14.2. The number of hydrogen-bond donors (Lipinski definition) is 0. The Hall–Kier alpha value is -0.261. The second-order valence-electron chi connectivity index (χ2n) is 4.88. The number of hydrogen-bond acceptors (Lipinski definition) is 0. The SMILES string of the molecule is Cc1[se]c(/C=C/c2[se]c(C)c(C)c2C)c(C)c1C. The molecule has 0 saturated carbocycles. The van der Waals surface area contributed by atoms with Crippen LogP contribution in [0.3, 0.4) is 0 Å². The Balaban J connectivity index is 2.36. The van der Waals surface area contributed by atoms with Gasteiger partial charge in [-0.2, -0.15) is 0 Å². The first-order valence-electron chi connectivity index (χ1n) is 6.23. The van der Waals surface area contributed by atoms with Crippen molar-refractivity contribution in [3.05, 3.63) is 40.0 Å². The Kier molecular flexibility index (Phi) is 4.24. The fourth-order valence-electron chi connectivity index (χ4n) is 2.00. The summed E-state index contributed by atoms with van der Waals surface area (Å²) in [4.78, 5) is 0. The van der Waals surface area contributed by atoms with Crippen LogP contribution in [-0.4, -0.2) is 29.0 Å². The van der Waals surface area contributed by atoms with Gasteiger partial charge in [-0.3, -0.25) is 0 Å². The molecule has 18 heavy (non-hydrogen) atoms. The maximum atomic E-state index is 2.38. The molecule has 0 atom stereocenters. The molecule has 0 saturated heterocycles. The molecule has 0 aliphatic rings. The minimum atomic E-state index is 0.558. The van der Waals surface area contributed by atoms with Crippen molar-refractivity contribution in [3.8, 4) is 0 Å². The summed E-state index contributed by atoms with van der Waals surface area (Å²) in [7, 11) is 0. The normalized spacial score (nSPS) is 11.7. The van der Waals surface area contributed by atoms with Crippen molar-refractivity contribution < 1.29 is 0 Å². The molecule has 0 aliphatic carbocycles. The Morgan fingerprint density at radius 1 is 0.556 bits per heavy atom. The van der Waals surface area contributed by atoms with E-state index in [4.69, 9.17) is 0 Å². The van der Waals surface area contributed by atoms with Crippen molar-refractivity contribution in [2.45, 2.75) is 41.5 Å². The molecule has 0 bridgehead atoms. The van der Waals surface area contributed by atoms with E-state index in [0.29, 0.717) is 29.0 Å². The van der Waals surface area contributed by atoms with E-state index in [1.54, 1.807) is 17.7 Å². The molecule has 0 nitrogen and oxygen atoms in total. The average Bonchev–Trinajstić information content (AvgIpc) is 2.72. The van der Waals surface area contributed by atoms with Crippen molar-refractivity contribution in [2.24, 2.45) is 0 Å². The van der Waals surface area contributed by atoms with Crippen LogP contribution >= 0.6 is 0 Å². The van der Waals surface area contributed by atoms with Gasteiger partial charge in [0.25, 0.3) is 0 Å². The Labute approximate surface area is 122 Å². The van der Waals surface area contributed by atoms with Crippen molar-refractivity contribution in [3.63, 3.8) is 0 Å². The van der Waals surface area contributed by atoms with Gasteiger partial charge in [-0.25, -0.2) is 0 Å². The van der Waals surface area contributed by atoms with Crippen LogP contribution in [0, 0.1) is 41.5 Å². The molecule has 0 radical (unpaired) electrons. The second-order valence-corrected chi connectivity index (χ2v) is 10.2. The van der Waals surface area contributed by atoms with Crippen LogP contribution in [0.15, 0.2) is 0 Å². The first-order valence-corrected chi connectivity index (χ1v) is 9.65. The topological polar surface area (TPSA) is 0 Å². The van der Waals surface area contributed by atoms with Gasteiger partial charge in [0.15, 0.2) is 0 Å². The molecular formula is C16H20Se2. The van der Waals surface area contributed by atoms with E-state index in [1.165, 1.54) is 22.3 Å². The van der Waals surface area contributed by atoms with Crippen molar-refractivity contribution in [1.82, 2.24) is 0 Å². The van der Waals surface area contributed by atoms with Gasteiger partial charge >= 0.3 is 123 Å². The molecule has 2 heterocycles. The molecule has 2 heteroatoms. The van der Waals surface area contributed by atoms with Crippen molar-refractivity contribution >= 4 is 41.2 Å². The molecule has 96 valence electrons. The molecule has 0 fully saturated rings. The standard InChI is InChI=1S/C16H20Se2/c1-9-11(3)15(17-13(9)5)7-8-16-12(4)10(2)14(6)18-16/h7-8H,1-6H3/b8-7+. The Bertz CT molecular complexity index is 555. The molecule has 0 unspecified atom stereocenters. The summed E-state index contributed by atoms with van der Waals surface area (Å²) in [6.45, 7) is 13.6. The van der Waals surface area contributed by atoms with Crippen LogP contribution in [0.1, 0.15) is 40.0 Å². The van der Waals surface area contributed by atoms with E-state index >= 15 is 0 Å². The maximum absolute atomic E-state index is 2.38. The van der Waals surface area contributed by atoms with E-state index in [-0.39, 0.29) is 0 Å². The van der Waals surface area contributed by atoms with Crippen LogP contribution in [-0.2, 0) is 0 Å². The van der Waals surface area contributed by atoms with E-state index in [2.05, 4.69) is 53.7 Å². The zero-order chi connectivity index (χ0) is 13.4. The van der Waals surface area contributed by atoms with Gasteiger partial charge in [-0.1, -0.05) is 0 Å². The number of aryl methyl sites for hydroxylation is 2. The van der Waals surface area contributed by atoms with Gasteiger partial charge < -0.3 is 0 Å². The van der Waals surface area contributed by atoms with Crippen LogP contribution in [0.5, 0.6) is 0 Å². The van der Waals surface area contributed by atoms with E-state index < -0.39 is 0 Å². The zero-order valence-corrected chi connectivity index (χ0v) is 15.4. The average molecular weight is 370 g/mol.